The van der Waals surface area contributed by atoms with Crippen molar-refractivity contribution in [3.63, 3.8) is 0 Å². The number of amides is 1. The lowest BCUT2D eigenvalue weighted by Crippen LogP contribution is -2.34. The number of azo groups is 1. The molecule has 1 amide bonds. The third-order valence-corrected chi connectivity index (χ3v) is 5.00. The highest BCUT2D eigenvalue weighted by Gasteiger charge is 2.30. The van der Waals surface area contributed by atoms with E-state index in [0.717, 1.165) is 24.2 Å². The summed E-state index contributed by atoms with van der Waals surface area (Å²) in [5, 5.41) is 11.2. The molecule has 2 atom stereocenters. The second-order valence-electron chi connectivity index (χ2n) is 7.55. The highest BCUT2D eigenvalue weighted by atomic mass is 16.6. The molecule has 2 aromatic carbocycles. The quantitative estimate of drug-likeness (QED) is 0.449. The van der Waals surface area contributed by atoms with E-state index in [0.29, 0.717) is 17.5 Å². The molecule has 0 saturated carbocycles. The number of benzene rings is 2. The van der Waals surface area contributed by atoms with Crippen LogP contribution in [0.5, 0.6) is 0 Å². The van der Waals surface area contributed by atoms with Gasteiger partial charge in [-0.1, -0.05) is 43.7 Å². The van der Waals surface area contributed by atoms with Crippen LogP contribution in [-0.4, -0.2) is 12.2 Å². The van der Waals surface area contributed by atoms with E-state index in [1.165, 1.54) is 5.57 Å². The predicted octanol–water partition coefficient (Wildman–Crippen LogP) is 7.03. The molecule has 0 saturated heterocycles. The van der Waals surface area contributed by atoms with E-state index in [2.05, 4.69) is 42.4 Å². The number of carbonyl (C=O) groups is 1. The number of hydrogen-bond acceptors (Lipinski definition) is 4. The largest absolute Gasteiger partial charge is 0.445 e. The van der Waals surface area contributed by atoms with Crippen molar-refractivity contribution in [3.05, 3.63) is 66.2 Å². The molecule has 146 valence electrons. The SMILES string of the molecule is CC1=CCC(C(C)C)C(OC(=O)Nc2ccc(N=Nc3ccccc3)cc2)C1. The summed E-state index contributed by atoms with van der Waals surface area (Å²) in [6.45, 7) is 6.44. The van der Waals surface area contributed by atoms with Crippen LogP contribution in [0.15, 0.2) is 76.5 Å². The number of hydrogen-bond donors (Lipinski definition) is 1. The van der Waals surface area contributed by atoms with Crippen molar-refractivity contribution in [3.8, 4) is 0 Å². The van der Waals surface area contributed by atoms with Crippen molar-refractivity contribution in [2.45, 2.75) is 39.7 Å². The molecular weight excluding hydrogens is 350 g/mol. The van der Waals surface area contributed by atoms with Crippen molar-refractivity contribution in [2.75, 3.05) is 5.32 Å². The summed E-state index contributed by atoms with van der Waals surface area (Å²) in [6.07, 6.45) is 3.52. The van der Waals surface area contributed by atoms with Crippen LogP contribution >= 0.6 is 0 Å². The molecule has 2 aromatic rings. The van der Waals surface area contributed by atoms with Gasteiger partial charge in [0.25, 0.3) is 0 Å². The summed E-state index contributed by atoms with van der Waals surface area (Å²) in [6, 6.07) is 16.8. The molecule has 1 aliphatic carbocycles. The van der Waals surface area contributed by atoms with Crippen LogP contribution in [0, 0.1) is 11.8 Å². The lowest BCUT2D eigenvalue weighted by atomic mass is 9.80. The van der Waals surface area contributed by atoms with Gasteiger partial charge in [-0.2, -0.15) is 10.2 Å². The van der Waals surface area contributed by atoms with Crippen LogP contribution < -0.4 is 5.32 Å². The van der Waals surface area contributed by atoms with Crippen molar-refractivity contribution >= 4 is 23.2 Å². The maximum Gasteiger partial charge on any atom is 0.411 e. The average molecular weight is 377 g/mol. The lowest BCUT2D eigenvalue weighted by Gasteiger charge is -2.32. The Bertz CT molecular complexity index is 842. The Hall–Kier alpha value is -2.95. The first-order chi connectivity index (χ1) is 13.5. The van der Waals surface area contributed by atoms with Gasteiger partial charge in [0.1, 0.15) is 6.10 Å². The normalized spacial score (nSPS) is 19.5. The van der Waals surface area contributed by atoms with Crippen LogP contribution in [-0.2, 0) is 4.74 Å². The molecular formula is C23H27N3O2. The lowest BCUT2D eigenvalue weighted by molar-refractivity contribution is 0.0511. The van der Waals surface area contributed by atoms with Gasteiger partial charge < -0.3 is 4.74 Å². The first-order valence-corrected chi connectivity index (χ1v) is 9.71. The minimum absolute atomic E-state index is 0.0797. The average Bonchev–Trinajstić information content (AvgIpc) is 2.68. The molecule has 0 aliphatic heterocycles. The van der Waals surface area contributed by atoms with Gasteiger partial charge in [0.15, 0.2) is 0 Å². The van der Waals surface area contributed by atoms with Crippen LogP contribution in [0.4, 0.5) is 21.9 Å². The maximum absolute atomic E-state index is 12.4. The molecule has 0 heterocycles. The fourth-order valence-corrected chi connectivity index (χ4v) is 3.38. The molecule has 1 aliphatic rings. The third-order valence-electron chi connectivity index (χ3n) is 5.00. The summed E-state index contributed by atoms with van der Waals surface area (Å²) in [7, 11) is 0. The standard InChI is InChI=1S/C23H27N3O2/c1-16(2)21-14-9-17(3)15-22(21)28-23(27)24-18-10-12-20(13-11-18)26-25-19-7-5-4-6-8-19/h4-13,16,21-22H,14-15H2,1-3H3,(H,24,27). The van der Waals surface area contributed by atoms with Crippen molar-refractivity contribution in [1.82, 2.24) is 0 Å². The van der Waals surface area contributed by atoms with Gasteiger partial charge in [-0.25, -0.2) is 4.79 Å². The Morgan fingerprint density at radius 1 is 1.04 bits per heavy atom. The number of rotatable bonds is 5. The second kappa shape index (κ2) is 9.31. The smallest absolute Gasteiger partial charge is 0.411 e. The summed E-state index contributed by atoms with van der Waals surface area (Å²) in [5.41, 5.74) is 3.47. The van der Waals surface area contributed by atoms with Crippen LogP contribution in [0.1, 0.15) is 33.6 Å². The van der Waals surface area contributed by atoms with E-state index < -0.39 is 6.09 Å². The van der Waals surface area contributed by atoms with Crippen molar-refractivity contribution < 1.29 is 9.53 Å². The number of carbonyl (C=O) groups excluding carboxylic acids is 1. The number of ether oxygens (including phenoxy) is 1. The predicted molar refractivity (Wildman–Crippen MR) is 112 cm³/mol. The van der Waals surface area contributed by atoms with Gasteiger partial charge in [-0.15, -0.1) is 0 Å². The zero-order valence-electron chi connectivity index (χ0n) is 16.6. The zero-order valence-corrected chi connectivity index (χ0v) is 16.6. The first kappa shape index (κ1) is 19.8. The minimum Gasteiger partial charge on any atom is -0.445 e. The van der Waals surface area contributed by atoms with Gasteiger partial charge >= 0.3 is 6.09 Å². The highest BCUT2D eigenvalue weighted by molar-refractivity contribution is 5.84. The van der Waals surface area contributed by atoms with Gasteiger partial charge in [0.05, 0.1) is 11.4 Å². The Labute approximate surface area is 166 Å². The summed E-state index contributed by atoms with van der Waals surface area (Å²) >= 11 is 0. The summed E-state index contributed by atoms with van der Waals surface area (Å²) < 4.78 is 5.74. The Morgan fingerprint density at radius 3 is 2.32 bits per heavy atom. The maximum atomic E-state index is 12.4. The van der Waals surface area contributed by atoms with E-state index in [-0.39, 0.29) is 6.10 Å². The summed E-state index contributed by atoms with van der Waals surface area (Å²) in [5.74, 6) is 0.826. The molecule has 0 spiro atoms. The number of nitrogens with one attached hydrogen (secondary N) is 1. The molecule has 0 aromatic heterocycles. The van der Waals surface area contributed by atoms with Crippen LogP contribution in [0.3, 0.4) is 0 Å². The molecule has 5 nitrogen and oxygen atoms in total. The van der Waals surface area contributed by atoms with Crippen LogP contribution in [0.2, 0.25) is 0 Å². The molecule has 1 N–H and O–H groups in total. The number of nitrogens with zero attached hydrogens (tertiary/aromatic N) is 2. The highest BCUT2D eigenvalue weighted by Crippen LogP contribution is 2.32. The first-order valence-electron chi connectivity index (χ1n) is 9.71. The fourth-order valence-electron chi connectivity index (χ4n) is 3.38. The van der Waals surface area contributed by atoms with Crippen molar-refractivity contribution in [1.29, 1.82) is 0 Å². The molecule has 0 radical (unpaired) electrons. The molecule has 2 unspecified atom stereocenters. The van der Waals surface area contributed by atoms with E-state index in [1.807, 2.05) is 42.5 Å². The molecule has 3 rings (SSSR count). The second-order valence-corrected chi connectivity index (χ2v) is 7.55. The topological polar surface area (TPSA) is 63.0 Å². The fraction of sp³-hybridized carbons (Fsp3) is 0.348. The van der Waals surface area contributed by atoms with Gasteiger partial charge in [0.2, 0.25) is 0 Å². The Morgan fingerprint density at radius 2 is 1.68 bits per heavy atom. The third kappa shape index (κ3) is 5.52. The van der Waals surface area contributed by atoms with Crippen molar-refractivity contribution in [2.24, 2.45) is 22.1 Å². The Kier molecular flexibility index (Phi) is 6.58. The van der Waals surface area contributed by atoms with Gasteiger partial charge in [-0.05, 0) is 55.7 Å². The summed E-state index contributed by atoms with van der Waals surface area (Å²) in [4.78, 5) is 12.4. The molecule has 0 bridgehead atoms. The molecule has 5 heteroatoms. The van der Waals surface area contributed by atoms with E-state index in [9.17, 15) is 4.79 Å². The monoisotopic (exact) mass is 377 g/mol. The molecule has 28 heavy (non-hydrogen) atoms. The van der Waals surface area contributed by atoms with Crippen LogP contribution in [0.25, 0.3) is 0 Å². The number of anilines is 1. The zero-order chi connectivity index (χ0) is 19.9. The van der Waals surface area contributed by atoms with E-state index in [4.69, 9.17) is 4.74 Å². The van der Waals surface area contributed by atoms with Gasteiger partial charge in [0, 0.05) is 18.0 Å². The Balaban J connectivity index is 1.57. The van der Waals surface area contributed by atoms with E-state index in [1.54, 1.807) is 12.1 Å². The van der Waals surface area contributed by atoms with Gasteiger partial charge in [-0.3, -0.25) is 5.32 Å². The molecule has 0 fully saturated rings. The van der Waals surface area contributed by atoms with E-state index >= 15 is 0 Å². The minimum atomic E-state index is -0.413. The number of allylic oxidation sites excluding steroid dienone is 1.